The van der Waals surface area contributed by atoms with Crippen molar-refractivity contribution in [1.82, 2.24) is 10.3 Å². The zero-order valence-corrected chi connectivity index (χ0v) is 12.1. The van der Waals surface area contributed by atoms with Gasteiger partial charge in [0, 0.05) is 38.7 Å². The zero-order chi connectivity index (χ0) is 12.8. The number of nitrogens with one attached hydrogen (secondary N) is 1. The van der Waals surface area contributed by atoms with Crippen molar-refractivity contribution in [3.63, 3.8) is 0 Å². The molecule has 1 saturated carbocycles. The molecule has 1 aromatic rings. The molecule has 102 valence electrons. The summed E-state index contributed by atoms with van der Waals surface area (Å²) >= 11 is 1.76. The quantitative estimate of drug-likeness (QED) is 0.697. The van der Waals surface area contributed by atoms with Gasteiger partial charge in [-0.1, -0.05) is 0 Å². The average molecular weight is 269 g/mol. The van der Waals surface area contributed by atoms with Crippen LogP contribution in [0.2, 0.25) is 0 Å². The smallest absolute Gasteiger partial charge is 0.185 e. The van der Waals surface area contributed by atoms with Crippen molar-refractivity contribution in [2.75, 3.05) is 38.3 Å². The Labute approximate surface area is 113 Å². The van der Waals surface area contributed by atoms with E-state index in [9.17, 15) is 0 Å². The first-order chi connectivity index (χ1) is 8.83. The van der Waals surface area contributed by atoms with E-state index in [1.165, 1.54) is 24.5 Å². The summed E-state index contributed by atoms with van der Waals surface area (Å²) in [6.07, 6.45) is 2.79. The summed E-state index contributed by atoms with van der Waals surface area (Å²) in [5.74, 6) is 0.914. The Hall–Kier alpha value is -0.650. The molecule has 0 aromatic carbocycles. The number of ether oxygens (including phenoxy) is 1. The van der Waals surface area contributed by atoms with Crippen LogP contribution in [0.1, 0.15) is 25.5 Å². The number of anilines is 1. The van der Waals surface area contributed by atoms with Gasteiger partial charge in [0.15, 0.2) is 5.13 Å². The summed E-state index contributed by atoms with van der Waals surface area (Å²) in [5.41, 5.74) is 1.14. The van der Waals surface area contributed by atoms with Gasteiger partial charge in [-0.2, -0.15) is 0 Å². The lowest BCUT2D eigenvalue weighted by Gasteiger charge is -2.19. The van der Waals surface area contributed by atoms with Gasteiger partial charge in [-0.25, -0.2) is 4.98 Å². The van der Waals surface area contributed by atoms with E-state index in [1.807, 2.05) is 0 Å². The maximum absolute atomic E-state index is 5.00. The normalized spacial score (nSPS) is 15.0. The summed E-state index contributed by atoms with van der Waals surface area (Å²) in [6, 6.07) is 0. The van der Waals surface area contributed by atoms with Crippen LogP contribution in [0.15, 0.2) is 5.38 Å². The van der Waals surface area contributed by atoms with Gasteiger partial charge in [-0.3, -0.25) is 0 Å². The fraction of sp³-hybridized carbons (Fsp3) is 0.769. The van der Waals surface area contributed by atoms with Crippen molar-refractivity contribution in [2.45, 2.75) is 26.3 Å². The minimum Gasteiger partial charge on any atom is -0.383 e. The van der Waals surface area contributed by atoms with Gasteiger partial charge >= 0.3 is 0 Å². The number of hydrogen-bond acceptors (Lipinski definition) is 5. The van der Waals surface area contributed by atoms with Crippen LogP contribution in [0.5, 0.6) is 0 Å². The van der Waals surface area contributed by atoms with Crippen LogP contribution in [0, 0.1) is 5.92 Å². The third-order valence-corrected chi connectivity index (χ3v) is 4.11. The molecule has 1 aromatic heterocycles. The van der Waals surface area contributed by atoms with Crippen molar-refractivity contribution in [2.24, 2.45) is 5.92 Å². The first-order valence-corrected chi connectivity index (χ1v) is 7.60. The SMILES string of the molecule is CCN(CC1CC1)c1nc(CNCCOC)cs1. The minimum absolute atomic E-state index is 0.750. The Kier molecular flexibility index (Phi) is 5.41. The molecule has 1 N–H and O–H groups in total. The summed E-state index contributed by atoms with van der Waals surface area (Å²) in [4.78, 5) is 7.10. The van der Waals surface area contributed by atoms with Gasteiger partial charge in [0.2, 0.25) is 0 Å². The molecule has 0 amide bonds. The van der Waals surface area contributed by atoms with Gasteiger partial charge in [0.1, 0.15) is 0 Å². The van der Waals surface area contributed by atoms with E-state index >= 15 is 0 Å². The van der Waals surface area contributed by atoms with Crippen molar-refractivity contribution in [3.05, 3.63) is 11.1 Å². The summed E-state index contributed by atoms with van der Waals surface area (Å²) in [7, 11) is 1.72. The summed E-state index contributed by atoms with van der Waals surface area (Å²) in [6.45, 7) is 6.91. The molecule has 0 atom stereocenters. The van der Waals surface area contributed by atoms with E-state index in [0.29, 0.717) is 0 Å². The molecule has 0 saturated heterocycles. The van der Waals surface area contributed by atoms with Crippen LogP contribution in [-0.2, 0) is 11.3 Å². The molecule has 1 aliphatic rings. The van der Waals surface area contributed by atoms with Crippen LogP contribution in [0.4, 0.5) is 5.13 Å². The standard InChI is InChI=1S/C13H23N3OS/c1-3-16(9-11-4-5-11)13-15-12(10-18-13)8-14-6-7-17-2/h10-11,14H,3-9H2,1-2H3. The molecule has 1 fully saturated rings. The van der Waals surface area contributed by atoms with Crippen LogP contribution in [0.25, 0.3) is 0 Å². The number of nitrogens with zero attached hydrogens (tertiary/aromatic N) is 2. The molecule has 5 heteroatoms. The Balaban J connectivity index is 1.79. The molecular weight excluding hydrogens is 246 g/mol. The third kappa shape index (κ3) is 4.23. The second kappa shape index (κ2) is 7.07. The lowest BCUT2D eigenvalue weighted by Crippen LogP contribution is -2.25. The van der Waals surface area contributed by atoms with Crippen LogP contribution < -0.4 is 10.2 Å². The monoisotopic (exact) mass is 269 g/mol. The highest BCUT2D eigenvalue weighted by molar-refractivity contribution is 7.13. The van der Waals surface area contributed by atoms with Gasteiger partial charge < -0.3 is 15.0 Å². The second-order valence-electron chi connectivity index (χ2n) is 4.77. The molecule has 2 rings (SSSR count). The van der Waals surface area contributed by atoms with Crippen molar-refractivity contribution >= 4 is 16.5 Å². The molecule has 4 nitrogen and oxygen atoms in total. The highest BCUT2D eigenvalue weighted by Crippen LogP contribution is 2.32. The molecule has 0 aliphatic heterocycles. The van der Waals surface area contributed by atoms with E-state index in [-0.39, 0.29) is 0 Å². The topological polar surface area (TPSA) is 37.4 Å². The number of rotatable bonds is 9. The van der Waals surface area contributed by atoms with Gasteiger partial charge in [-0.15, -0.1) is 11.3 Å². The van der Waals surface area contributed by atoms with E-state index in [0.717, 1.165) is 37.9 Å². The lowest BCUT2D eigenvalue weighted by molar-refractivity contribution is 0.199. The summed E-state index contributed by atoms with van der Waals surface area (Å²) in [5, 5.41) is 6.66. The predicted molar refractivity (Wildman–Crippen MR) is 76.3 cm³/mol. The van der Waals surface area contributed by atoms with Crippen molar-refractivity contribution in [1.29, 1.82) is 0 Å². The van der Waals surface area contributed by atoms with Gasteiger partial charge in [0.25, 0.3) is 0 Å². The Morgan fingerprint density at radius 1 is 1.56 bits per heavy atom. The van der Waals surface area contributed by atoms with Gasteiger partial charge in [0.05, 0.1) is 12.3 Å². The van der Waals surface area contributed by atoms with Crippen LogP contribution in [-0.4, -0.2) is 38.3 Å². The average Bonchev–Trinajstić information content (AvgIpc) is 3.09. The summed E-state index contributed by atoms with van der Waals surface area (Å²) < 4.78 is 5.00. The first kappa shape index (κ1) is 13.8. The fourth-order valence-electron chi connectivity index (χ4n) is 1.87. The third-order valence-electron chi connectivity index (χ3n) is 3.16. The van der Waals surface area contributed by atoms with E-state index in [4.69, 9.17) is 9.72 Å². The number of thiazole rings is 1. The van der Waals surface area contributed by atoms with Crippen molar-refractivity contribution < 1.29 is 4.74 Å². The Morgan fingerprint density at radius 2 is 2.39 bits per heavy atom. The van der Waals surface area contributed by atoms with E-state index < -0.39 is 0 Å². The van der Waals surface area contributed by atoms with Crippen LogP contribution in [0.3, 0.4) is 0 Å². The predicted octanol–water partition coefficient (Wildman–Crippen LogP) is 2.12. The second-order valence-corrected chi connectivity index (χ2v) is 5.61. The van der Waals surface area contributed by atoms with E-state index in [2.05, 4.69) is 22.5 Å². The maximum atomic E-state index is 5.00. The number of hydrogen-bond donors (Lipinski definition) is 1. The zero-order valence-electron chi connectivity index (χ0n) is 11.3. The van der Waals surface area contributed by atoms with Crippen LogP contribution >= 0.6 is 11.3 Å². The molecule has 0 spiro atoms. The molecule has 1 heterocycles. The minimum atomic E-state index is 0.750. The lowest BCUT2D eigenvalue weighted by atomic mass is 10.4. The van der Waals surface area contributed by atoms with E-state index in [1.54, 1.807) is 18.4 Å². The highest BCUT2D eigenvalue weighted by Gasteiger charge is 2.24. The largest absolute Gasteiger partial charge is 0.383 e. The molecule has 1 aliphatic carbocycles. The molecule has 18 heavy (non-hydrogen) atoms. The molecule has 0 bridgehead atoms. The van der Waals surface area contributed by atoms with Crippen molar-refractivity contribution in [3.8, 4) is 0 Å². The van der Waals surface area contributed by atoms with Gasteiger partial charge in [-0.05, 0) is 25.7 Å². The molecule has 0 unspecified atom stereocenters. The fourth-order valence-corrected chi connectivity index (χ4v) is 2.77. The first-order valence-electron chi connectivity index (χ1n) is 6.72. The number of aromatic nitrogens is 1. The molecule has 0 radical (unpaired) electrons. The Morgan fingerprint density at radius 3 is 3.06 bits per heavy atom. The Bertz CT molecular complexity index is 352. The molecular formula is C13H23N3OS. The number of methoxy groups -OCH3 is 1. The highest BCUT2D eigenvalue weighted by atomic mass is 32.1. The maximum Gasteiger partial charge on any atom is 0.185 e.